The average molecular weight is 358 g/mol. The number of methoxy groups -OCH3 is 1. The molecule has 6 heteroatoms. The van der Waals surface area contributed by atoms with Crippen LogP contribution in [0.1, 0.15) is 12.5 Å². The lowest BCUT2D eigenvalue weighted by Gasteiger charge is -2.13. The summed E-state index contributed by atoms with van der Waals surface area (Å²) in [5.41, 5.74) is 2.50. The van der Waals surface area contributed by atoms with Gasteiger partial charge in [-0.2, -0.15) is 0 Å². The van der Waals surface area contributed by atoms with E-state index in [1.165, 1.54) is 11.8 Å². The molecule has 0 heterocycles. The standard InChI is InChI=1S/C19H22N2O3S/c1-13-6-4-5-7-17(13)21-19(23)14(2)25-12-18(22)20-15-8-10-16(24-3)11-9-15/h4-11,14H,12H2,1-3H3,(H,20,22)(H,21,23). The van der Waals surface area contributed by atoms with Crippen LogP contribution in [-0.4, -0.2) is 29.9 Å². The largest absolute Gasteiger partial charge is 0.497 e. The van der Waals surface area contributed by atoms with Crippen molar-refractivity contribution < 1.29 is 14.3 Å². The topological polar surface area (TPSA) is 67.4 Å². The zero-order chi connectivity index (χ0) is 18.2. The van der Waals surface area contributed by atoms with E-state index in [2.05, 4.69) is 10.6 Å². The van der Waals surface area contributed by atoms with Gasteiger partial charge in [-0.25, -0.2) is 0 Å². The molecule has 2 aromatic carbocycles. The first-order valence-corrected chi connectivity index (χ1v) is 8.96. The molecule has 0 saturated carbocycles. The summed E-state index contributed by atoms with van der Waals surface area (Å²) in [5, 5.41) is 5.36. The molecule has 132 valence electrons. The molecule has 0 bridgehead atoms. The molecule has 5 nitrogen and oxygen atoms in total. The number of anilines is 2. The van der Waals surface area contributed by atoms with Crippen LogP contribution in [0.5, 0.6) is 5.75 Å². The number of ether oxygens (including phenoxy) is 1. The zero-order valence-corrected chi connectivity index (χ0v) is 15.4. The third kappa shape index (κ3) is 5.83. The van der Waals surface area contributed by atoms with E-state index in [1.807, 2.05) is 31.2 Å². The second-order valence-electron chi connectivity index (χ2n) is 5.53. The van der Waals surface area contributed by atoms with E-state index in [0.717, 1.165) is 17.0 Å². The van der Waals surface area contributed by atoms with Crippen LogP contribution in [0.3, 0.4) is 0 Å². The van der Waals surface area contributed by atoms with E-state index in [4.69, 9.17) is 4.74 Å². The van der Waals surface area contributed by atoms with Crippen LogP contribution >= 0.6 is 11.8 Å². The maximum Gasteiger partial charge on any atom is 0.237 e. The monoisotopic (exact) mass is 358 g/mol. The Bertz CT molecular complexity index is 732. The molecule has 0 aliphatic heterocycles. The molecule has 2 rings (SSSR count). The summed E-state index contributed by atoms with van der Waals surface area (Å²) in [5.74, 6) is 0.671. The number of rotatable bonds is 7. The fourth-order valence-electron chi connectivity index (χ4n) is 2.10. The van der Waals surface area contributed by atoms with Crippen LogP contribution in [0.25, 0.3) is 0 Å². The summed E-state index contributed by atoms with van der Waals surface area (Å²) in [6.07, 6.45) is 0. The van der Waals surface area contributed by atoms with E-state index in [1.54, 1.807) is 38.3 Å². The van der Waals surface area contributed by atoms with Gasteiger partial charge in [-0.3, -0.25) is 9.59 Å². The number of benzene rings is 2. The number of hydrogen-bond donors (Lipinski definition) is 2. The Morgan fingerprint density at radius 1 is 1.08 bits per heavy atom. The summed E-state index contributed by atoms with van der Waals surface area (Å²) in [4.78, 5) is 24.2. The van der Waals surface area contributed by atoms with Crippen molar-refractivity contribution in [1.82, 2.24) is 0 Å². The normalized spacial score (nSPS) is 11.5. The Labute approximate surface area is 152 Å². The Hall–Kier alpha value is -2.47. The lowest BCUT2D eigenvalue weighted by atomic mass is 10.2. The number of carbonyl (C=O) groups excluding carboxylic acids is 2. The third-order valence-electron chi connectivity index (χ3n) is 3.61. The minimum atomic E-state index is -0.332. The highest BCUT2D eigenvalue weighted by Crippen LogP contribution is 2.18. The smallest absolute Gasteiger partial charge is 0.237 e. The van der Waals surface area contributed by atoms with Crippen LogP contribution in [0, 0.1) is 6.92 Å². The van der Waals surface area contributed by atoms with Crippen LogP contribution < -0.4 is 15.4 Å². The molecule has 1 atom stereocenters. The van der Waals surface area contributed by atoms with Crippen LogP contribution in [0.4, 0.5) is 11.4 Å². The van der Waals surface area contributed by atoms with Gasteiger partial charge >= 0.3 is 0 Å². The predicted octanol–water partition coefficient (Wildman–Crippen LogP) is 3.70. The molecular formula is C19H22N2O3S. The fourth-order valence-corrected chi connectivity index (χ4v) is 2.78. The van der Waals surface area contributed by atoms with Gasteiger partial charge in [-0.05, 0) is 49.7 Å². The Morgan fingerprint density at radius 3 is 2.40 bits per heavy atom. The molecule has 0 aliphatic rings. The van der Waals surface area contributed by atoms with Crippen molar-refractivity contribution in [1.29, 1.82) is 0 Å². The Balaban J connectivity index is 1.80. The lowest BCUT2D eigenvalue weighted by Crippen LogP contribution is -2.25. The SMILES string of the molecule is COc1ccc(NC(=O)CSC(C)C(=O)Nc2ccccc2C)cc1. The molecule has 0 radical (unpaired) electrons. The van der Waals surface area contributed by atoms with Gasteiger partial charge in [0.1, 0.15) is 5.75 Å². The third-order valence-corrected chi connectivity index (χ3v) is 4.75. The number of nitrogens with one attached hydrogen (secondary N) is 2. The van der Waals surface area contributed by atoms with Crippen molar-refractivity contribution in [2.75, 3.05) is 23.5 Å². The number of amides is 2. The van der Waals surface area contributed by atoms with Gasteiger partial charge in [0, 0.05) is 11.4 Å². The number of carbonyl (C=O) groups is 2. The van der Waals surface area contributed by atoms with Gasteiger partial charge in [0.25, 0.3) is 0 Å². The second kappa shape index (κ2) is 9.13. The minimum Gasteiger partial charge on any atom is -0.497 e. The van der Waals surface area contributed by atoms with E-state index in [0.29, 0.717) is 5.69 Å². The molecule has 1 unspecified atom stereocenters. The van der Waals surface area contributed by atoms with Crippen molar-refractivity contribution in [2.45, 2.75) is 19.1 Å². The molecule has 25 heavy (non-hydrogen) atoms. The maximum atomic E-state index is 12.2. The van der Waals surface area contributed by atoms with Crippen molar-refractivity contribution in [3.8, 4) is 5.75 Å². The van der Waals surface area contributed by atoms with Gasteiger partial charge in [0.15, 0.2) is 0 Å². The first-order chi connectivity index (χ1) is 12.0. The summed E-state index contributed by atoms with van der Waals surface area (Å²) >= 11 is 1.30. The molecule has 0 aromatic heterocycles. The van der Waals surface area contributed by atoms with Crippen molar-refractivity contribution >= 4 is 35.0 Å². The number of hydrogen-bond acceptors (Lipinski definition) is 4. The summed E-state index contributed by atoms with van der Waals surface area (Å²) in [6.45, 7) is 3.73. The Morgan fingerprint density at radius 2 is 1.76 bits per heavy atom. The summed E-state index contributed by atoms with van der Waals surface area (Å²) in [7, 11) is 1.59. The molecule has 0 saturated heterocycles. The number of para-hydroxylation sites is 1. The molecule has 2 N–H and O–H groups in total. The molecule has 0 aliphatic carbocycles. The highest BCUT2D eigenvalue weighted by atomic mass is 32.2. The minimum absolute atomic E-state index is 0.114. The van der Waals surface area contributed by atoms with E-state index < -0.39 is 0 Å². The van der Waals surface area contributed by atoms with Crippen LogP contribution in [0.15, 0.2) is 48.5 Å². The van der Waals surface area contributed by atoms with Crippen molar-refractivity contribution in [3.63, 3.8) is 0 Å². The average Bonchev–Trinajstić information content (AvgIpc) is 2.62. The summed E-state index contributed by atoms with van der Waals surface area (Å²) < 4.78 is 5.08. The maximum absolute atomic E-state index is 12.2. The molecule has 0 fully saturated rings. The lowest BCUT2D eigenvalue weighted by molar-refractivity contribution is -0.115. The predicted molar refractivity (Wildman–Crippen MR) is 103 cm³/mol. The zero-order valence-electron chi connectivity index (χ0n) is 14.5. The quantitative estimate of drug-likeness (QED) is 0.792. The molecule has 2 amide bonds. The van der Waals surface area contributed by atoms with Gasteiger partial charge < -0.3 is 15.4 Å². The van der Waals surface area contributed by atoms with Gasteiger partial charge in [0.2, 0.25) is 11.8 Å². The summed E-state index contributed by atoms with van der Waals surface area (Å²) in [6, 6.07) is 14.7. The molecular weight excluding hydrogens is 336 g/mol. The number of aryl methyl sites for hydroxylation is 1. The van der Waals surface area contributed by atoms with E-state index in [-0.39, 0.29) is 22.8 Å². The van der Waals surface area contributed by atoms with Crippen LogP contribution in [-0.2, 0) is 9.59 Å². The first-order valence-electron chi connectivity index (χ1n) is 7.91. The van der Waals surface area contributed by atoms with E-state index in [9.17, 15) is 9.59 Å². The Kier molecular flexibility index (Phi) is 6.89. The molecule has 0 spiro atoms. The fraction of sp³-hybridized carbons (Fsp3) is 0.263. The highest BCUT2D eigenvalue weighted by molar-refractivity contribution is 8.01. The number of thioether (sulfide) groups is 1. The second-order valence-corrected chi connectivity index (χ2v) is 6.86. The van der Waals surface area contributed by atoms with Crippen molar-refractivity contribution in [2.24, 2.45) is 0 Å². The molecule has 2 aromatic rings. The van der Waals surface area contributed by atoms with Gasteiger partial charge in [0.05, 0.1) is 18.1 Å². The highest BCUT2D eigenvalue weighted by Gasteiger charge is 2.16. The van der Waals surface area contributed by atoms with Gasteiger partial charge in [-0.1, -0.05) is 18.2 Å². The van der Waals surface area contributed by atoms with Crippen LogP contribution in [0.2, 0.25) is 0 Å². The van der Waals surface area contributed by atoms with Crippen molar-refractivity contribution in [3.05, 3.63) is 54.1 Å². The van der Waals surface area contributed by atoms with Gasteiger partial charge in [-0.15, -0.1) is 11.8 Å². The first kappa shape index (κ1) is 18.9. The van der Waals surface area contributed by atoms with E-state index >= 15 is 0 Å².